The van der Waals surface area contributed by atoms with Gasteiger partial charge in [0.25, 0.3) is 0 Å². The summed E-state index contributed by atoms with van der Waals surface area (Å²) in [7, 11) is 1.83. The van der Waals surface area contributed by atoms with Gasteiger partial charge >= 0.3 is 0 Å². The van der Waals surface area contributed by atoms with E-state index >= 15 is 0 Å². The molecule has 1 N–H and O–H groups in total. The largest absolute Gasteiger partial charge is 0.388 e. The standard InChI is InChI=1S/C15H15NO/c1-11(17)14-9-8-13(10-15(14)16-2)12-6-4-3-5-7-12/h3-10,16H,1-2H3. The van der Waals surface area contributed by atoms with Gasteiger partial charge in [0.1, 0.15) is 0 Å². The zero-order chi connectivity index (χ0) is 12.3. The number of Topliss-reactive ketones (excluding diaryl/α,β-unsaturated/α-hetero) is 1. The average Bonchev–Trinajstić information content (AvgIpc) is 2.39. The van der Waals surface area contributed by atoms with Crippen LogP contribution in [0.5, 0.6) is 0 Å². The summed E-state index contributed by atoms with van der Waals surface area (Å²) in [5.74, 6) is 0.0777. The topological polar surface area (TPSA) is 29.1 Å². The van der Waals surface area contributed by atoms with Crippen LogP contribution in [0.15, 0.2) is 48.5 Å². The lowest BCUT2D eigenvalue weighted by atomic mass is 10.0. The van der Waals surface area contributed by atoms with E-state index in [0.717, 1.165) is 22.4 Å². The molecule has 0 aliphatic carbocycles. The Morgan fingerprint density at radius 3 is 2.29 bits per heavy atom. The van der Waals surface area contributed by atoms with Gasteiger partial charge in [0.05, 0.1) is 0 Å². The number of ketones is 1. The SMILES string of the molecule is CNc1cc(-c2ccccc2)ccc1C(C)=O. The number of carbonyl (C=O) groups is 1. The minimum atomic E-state index is 0.0777. The fourth-order valence-corrected chi connectivity index (χ4v) is 1.87. The van der Waals surface area contributed by atoms with Crippen LogP contribution in [-0.2, 0) is 0 Å². The molecular formula is C15H15NO. The number of benzene rings is 2. The first-order chi connectivity index (χ1) is 8.22. The molecule has 2 rings (SSSR count). The molecule has 0 radical (unpaired) electrons. The molecule has 2 aromatic carbocycles. The van der Waals surface area contributed by atoms with Crippen LogP contribution < -0.4 is 5.32 Å². The Bertz CT molecular complexity index is 532. The van der Waals surface area contributed by atoms with Gasteiger partial charge in [-0.1, -0.05) is 36.4 Å². The van der Waals surface area contributed by atoms with Crippen LogP contribution in [0.1, 0.15) is 17.3 Å². The molecule has 17 heavy (non-hydrogen) atoms. The molecule has 0 amide bonds. The van der Waals surface area contributed by atoms with E-state index in [9.17, 15) is 4.79 Å². The molecule has 0 saturated heterocycles. The third-order valence-electron chi connectivity index (χ3n) is 2.78. The Morgan fingerprint density at radius 2 is 1.71 bits per heavy atom. The number of carbonyl (C=O) groups excluding carboxylic acids is 1. The lowest BCUT2D eigenvalue weighted by molar-refractivity contribution is 0.101. The molecule has 0 spiro atoms. The number of rotatable bonds is 3. The van der Waals surface area contributed by atoms with Crippen molar-refractivity contribution < 1.29 is 4.79 Å². The lowest BCUT2D eigenvalue weighted by Crippen LogP contribution is -2.00. The molecule has 0 bridgehead atoms. The molecule has 0 heterocycles. The summed E-state index contributed by atoms with van der Waals surface area (Å²) in [4.78, 5) is 11.4. The Hall–Kier alpha value is -2.09. The zero-order valence-electron chi connectivity index (χ0n) is 10.0. The molecule has 0 saturated carbocycles. The van der Waals surface area contributed by atoms with Gasteiger partial charge in [-0.15, -0.1) is 0 Å². The van der Waals surface area contributed by atoms with E-state index in [-0.39, 0.29) is 5.78 Å². The van der Waals surface area contributed by atoms with Gasteiger partial charge in [-0.25, -0.2) is 0 Å². The number of nitrogens with one attached hydrogen (secondary N) is 1. The zero-order valence-corrected chi connectivity index (χ0v) is 10.0. The lowest BCUT2D eigenvalue weighted by Gasteiger charge is -2.09. The highest BCUT2D eigenvalue weighted by Gasteiger charge is 2.07. The van der Waals surface area contributed by atoms with E-state index in [1.54, 1.807) is 6.92 Å². The van der Waals surface area contributed by atoms with Crippen LogP contribution in [0.3, 0.4) is 0 Å². The summed E-state index contributed by atoms with van der Waals surface area (Å²) in [5, 5.41) is 3.07. The third-order valence-corrected chi connectivity index (χ3v) is 2.78. The smallest absolute Gasteiger partial charge is 0.161 e. The maximum atomic E-state index is 11.4. The van der Waals surface area contributed by atoms with E-state index in [0.29, 0.717) is 0 Å². The third kappa shape index (κ3) is 2.36. The fraction of sp³-hybridized carbons (Fsp3) is 0.133. The Morgan fingerprint density at radius 1 is 1.00 bits per heavy atom. The molecule has 0 aliphatic heterocycles. The van der Waals surface area contributed by atoms with Gasteiger partial charge in [-0.3, -0.25) is 4.79 Å². The molecule has 0 atom stereocenters. The molecule has 2 nitrogen and oxygen atoms in total. The van der Waals surface area contributed by atoms with Crippen molar-refractivity contribution in [2.45, 2.75) is 6.92 Å². The van der Waals surface area contributed by atoms with Gasteiger partial charge in [0, 0.05) is 18.3 Å². The highest BCUT2D eigenvalue weighted by molar-refractivity contribution is 6.00. The average molecular weight is 225 g/mol. The summed E-state index contributed by atoms with van der Waals surface area (Å²) < 4.78 is 0. The summed E-state index contributed by atoms with van der Waals surface area (Å²) in [5.41, 5.74) is 3.87. The fourth-order valence-electron chi connectivity index (χ4n) is 1.87. The van der Waals surface area contributed by atoms with Crippen molar-refractivity contribution >= 4 is 11.5 Å². The second-order valence-corrected chi connectivity index (χ2v) is 3.93. The predicted octanol–water partition coefficient (Wildman–Crippen LogP) is 3.60. The number of anilines is 1. The van der Waals surface area contributed by atoms with E-state index in [1.165, 1.54) is 0 Å². The Kier molecular flexibility index (Phi) is 3.24. The van der Waals surface area contributed by atoms with Gasteiger partial charge in [-0.2, -0.15) is 0 Å². The van der Waals surface area contributed by atoms with Gasteiger partial charge in [0.15, 0.2) is 5.78 Å². The van der Waals surface area contributed by atoms with Gasteiger partial charge in [-0.05, 0) is 30.2 Å². The molecule has 0 aromatic heterocycles. The first-order valence-corrected chi connectivity index (χ1v) is 5.60. The molecule has 0 unspecified atom stereocenters. The highest BCUT2D eigenvalue weighted by atomic mass is 16.1. The molecule has 0 fully saturated rings. The second kappa shape index (κ2) is 4.83. The first-order valence-electron chi connectivity index (χ1n) is 5.60. The minimum Gasteiger partial charge on any atom is -0.388 e. The molecule has 2 heteroatoms. The maximum absolute atomic E-state index is 11.4. The second-order valence-electron chi connectivity index (χ2n) is 3.93. The van der Waals surface area contributed by atoms with Crippen molar-refractivity contribution in [1.29, 1.82) is 0 Å². The summed E-state index contributed by atoms with van der Waals surface area (Å²) >= 11 is 0. The molecule has 0 aliphatic rings. The highest BCUT2D eigenvalue weighted by Crippen LogP contribution is 2.25. The number of hydrogen-bond acceptors (Lipinski definition) is 2. The normalized spacial score (nSPS) is 10.0. The number of hydrogen-bond donors (Lipinski definition) is 1. The van der Waals surface area contributed by atoms with E-state index < -0.39 is 0 Å². The quantitative estimate of drug-likeness (QED) is 0.809. The van der Waals surface area contributed by atoms with E-state index in [1.807, 2.05) is 43.4 Å². The minimum absolute atomic E-state index is 0.0777. The molecule has 86 valence electrons. The van der Waals surface area contributed by atoms with Crippen LogP contribution in [0, 0.1) is 0 Å². The monoisotopic (exact) mass is 225 g/mol. The Balaban J connectivity index is 2.49. The van der Waals surface area contributed by atoms with Gasteiger partial charge < -0.3 is 5.32 Å². The van der Waals surface area contributed by atoms with Gasteiger partial charge in [0.2, 0.25) is 0 Å². The first kappa shape index (κ1) is 11.4. The van der Waals surface area contributed by atoms with Crippen LogP contribution in [0.25, 0.3) is 11.1 Å². The van der Waals surface area contributed by atoms with Crippen LogP contribution >= 0.6 is 0 Å². The van der Waals surface area contributed by atoms with Crippen LogP contribution in [0.2, 0.25) is 0 Å². The van der Waals surface area contributed by atoms with Crippen LogP contribution in [-0.4, -0.2) is 12.8 Å². The van der Waals surface area contributed by atoms with Crippen molar-refractivity contribution in [3.05, 3.63) is 54.1 Å². The Labute approximate surface area is 101 Å². The molecular weight excluding hydrogens is 210 g/mol. The van der Waals surface area contributed by atoms with Crippen LogP contribution in [0.4, 0.5) is 5.69 Å². The van der Waals surface area contributed by atoms with Crippen molar-refractivity contribution in [2.24, 2.45) is 0 Å². The molecule has 2 aromatic rings. The van der Waals surface area contributed by atoms with Crippen molar-refractivity contribution in [2.75, 3.05) is 12.4 Å². The summed E-state index contributed by atoms with van der Waals surface area (Å²) in [6.45, 7) is 1.58. The predicted molar refractivity (Wildman–Crippen MR) is 71.4 cm³/mol. The van der Waals surface area contributed by atoms with Crippen molar-refractivity contribution in [1.82, 2.24) is 0 Å². The van der Waals surface area contributed by atoms with E-state index in [4.69, 9.17) is 0 Å². The summed E-state index contributed by atoms with van der Waals surface area (Å²) in [6, 6.07) is 16.0. The van der Waals surface area contributed by atoms with E-state index in [2.05, 4.69) is 17.4 Å². The summed E-state index contributed by atoms with van der Waals surface area (Å²) in [6.07, 6.45) is 0. The van der Waals surface area contributed by atoms with Crippen molar-refractivity contribution in [3.8, 4) is 11.1 Å². The van der Waals surface area contributed by atoms with Crippen molar-refractivity contribution in [3.63, 3.8) is 0 Å². The maximum Gasteiger partial charge on any atom is 0.161 e.